The highest BCUT2D eigenvalue weighted by Gasteiger charge is 2.04. The highest BCUT2D eigenvalue weighted by atomic mass is 35.5. The van der Waals surface area contributed by atoms with Crippen LogP contribution < -0.4 is 5.73 Å². The fourth-order valence-electron chi connectivity index (χ4n) is 0.991. The monoisotopic (exact) mass is 173 g/mol. The quantitative estimate of drug-likeness (QED) is 0.693. The van der Waals surface area contributed by atoms with Crippen molar-refractivity contribution in [2.24, 2.45) is 5.73 Å². The van der Waals surface area contributed by atoms with E-state index >= 15 is 0 Å². The van der Waals surface area contributed by atoms with E-state index in [1.165, 1.54) is 6.07 Å². The van der Waals surface area contributed by atoms with E-state index in [9.17, 15) is 4.39 Å². The SMILES string of the molecule is Cc1cc(Cl)cc(F)c1CN. The predicted molar refractivity (Wildman–Crippen MR) is 44.0 cm³/mol. The van der Waals surface area contributed by atoms with E-state index < -0.39 is 0 Å². The van der Waals surface area contributed by atoms with Crippen LogP contribution >= 0.6 is 11.6 Å². The second-order valence-corrected chi connectivity index (χ2v) is 2.82. The Hall–Kier alpha value is -0.600. The first-order valence-corrected chi connectivity index (χ1v) is 3.67. The van der Waals surface area contributed by atoms with Crippen LogP contribution in [-0.2, 0) is 6.54 Å². The molecule has 0 aliphatic carbocycles. The van der Waals surface area contributed by atoms with Gasteiger partial charge in [0.05, 0.1) is 0 Å². The zero-order chi connectivity index (χ0) is 8.43. The Kier molecular flexibility index (Phi) is 2.47. The van der Waals surface area contributed by atoms with Crippen molar-refractivity contribution in [1.82, 2.24) is 0 Å². The van der Waals surface area contributed by atoms with E-state index in [1.807, 2.05) is 0 Å². The summed E-state index contributed by atoms with van der Waals surface area (Å²) in [5, 5.41) is 0.414. The number of aryl methyl sites for hydroxylation is 1. The van der Waals surface area contributed by atoms with Crippen molar-refractivity contribution in [3.05, 3.63) is 34.1 Å². The lowest BCUT2D eigenvalue weighted by molar-refractivity contribution is 0.609. The first-order valence-electron chi connectivity index (χ1n) is 3.29. The first kappa shape index (κ1) is 8.50. The second-order valence-electron chi connectivity index (χ2n) is 2.39. The fourth-order valence-corrected chi connectivity index (χ4v) is 1.25. The van der Waals surface area contributed by atoms with E-state index in [1.54, 1.807) is 13.0 Å². The van der Waals surface area contributed by atoms with Crippen LogP contribution in [0.4, 0.5) is 4.39 Å². The summed E-state index contributed by atoms with van der Waals surface area (Å²) in [6.07, 6.45) is 0. The molecule has 60 valence electrons. The Balaban J connectivity index is 3.25. The molecular formula is C8H9ClFN. The topological polar surface area (TPSA) is 26.0 Å². The Labute approximate surface area is 70.0 Å². The van der Waals surface area contributed by atoms with Gasteiger partial charge in [-0.15, -0.1) is 0 Å². The second kappa shape index (κ2) is 3.20. The zero-order valence-electron chi connectivity index (χ0n) is 6.20. The maximum atomic E-state index is 12.9. The molecule has 0 bridgehead atoms. The lowest BCUT2D eigenvalue weighted by Crippen LogP contribution is -2.02. The van der Waals surface area contributed by atoms with Crippen LogP contribution in [0.3, 0.4) is 0 Å². The van der Waals surface area contributed by atoms with Gasteiger partial charge >= 0.3 is 0 Å². The van der Waals surface area contributed by atoms with Crippen molar-refractivity contribution in [3.8, 4) is 0 Å². The average molecular weight is 174 g/mol. The normalized spacial score (nSPS) is 10.2. The summed E-state index contributed by atoms with van der Waals surface area (Å²) >= 11 is 5.60. The summed E-state index contributed by atoms with van der Waals surface area (Å²) in [7, 11) is 0. The van der Waals surface area contributed by atoms with Crippen molar-refractivity contribution in [3.63, 3.8) is 0 Å². The van der Waals surface area contributed by atoms with Crippen molar-refractivity contribution in [2.45, 2.75) is 13.5 Å². The van der Waals surface area contributed by atoms with Gasteiger partial charge in [0.2, 0.25) is 0 Å². The minimum absolute atomic E-state index is 0.217. The van der Waals surface area contributed by atoms with Gasteiger partial charge in [-0.25, -0.2) is 4.39 Å². The molecule has 0 saturated heterocycles. The summed E-state index contributed by atoms with van der Waals surface area (Å²) in [6, 6.07) is 2.98. The van der Waals surface area contributed by atoms with Crippen LogP contribution in [0.5, 0.6) is 0 Å². The molecule has 0 aromatic heterocycles. The number of rotatable bonds is 1. The van der Waals surface area contributed by atoms with Crippen LogP contribution in [0.15, 0.2) is 12.1 Å². The fraction of sp³-hybridized carbons (Fsp3) is 0.250. The molecule has 1 aromatic carbocycles. The summed E-state index contributed by atoms with van der Waals surface area (Å²) in [6.45, 7) is 2.01. The molecule has 0 aliphatic rings. The van der Waals surface area contributed by atoms with E-state index in [-0.39, 0.29) is 12.4 Å². The van der Waals surface area contributed by atoms with E-state index in [0.717, 1.165) is 5.56 Å². The molecule has 11 heavy (non-hydrogen) atoms. The number of nitrogens with two attached hydrogens (primary N) is 1. The zero-order valence-corrected chi connectivity index (χ0v) is 6.95. The molecule has 1 aromatic rings. The minimum Gasteiger partial charge on any atom is -0.326 e. The Morgan fingerprint density at radius 3 is 2.64 bits per heavy atom. The number of hydrogen-bond donors (Lipinski definition) is 1. The number of hydrogen-bond acceptors (Lipinski definition) is 1. The summed E-state index contributed by atoms with van der Waals surface area (Å²) in [5.41, 5.74) is 6.66. The standard InChI is InChI=1S/C8H9ClFN/c1-5-2-6(9)3-8(10)7(5)4-11/h2-3H,4,11H2,1H3. The molecule has 3 heteroatoms. The van der Waals surface area contributed by atoms with Gasteiger partial charge in [0.1, 0.15) is 5.82 Å². The van der Waals surface area contributed by atoms with Crippen molar-refractivity contribution < 1.29 is 4.39 Å². The smallest absolute Gasteiger partial charge is 0.129 e. The maximum absolute atomic E-state index is 12.9. The van der Waals surface area contributed by atoms with E-state index in [0.29, 0.717) is 10.6 Å². The summed E-state index contributed by atoms with van der Waals surface area (Å²) in [5.74, 6) is -0.322. The van der Waals surface area contributed by atoms with Gasteiger partial charge in [0, 0.05) is 17.1 Å². The Morgan fingerprint density at radius 2 is 2.18 bits per heavy atom. The van der Waals surface area contributed by atoms with Gasteiger partial charge in [0.15, 0.2) is 0 Å². The van der Waals surface area contributed by atoms with Crippen molar-refractivity contribution >= 4 is 11.6 Å². The van der Waals surface area contributed by atoms with Gasteiger partial charge < -0.3 is 5.73 Å². The summed E-state index contributed by atoms with van der Waals surface area (Å²) in [4.78, 5) is 0. The molecule has 0 saturated carbocycles. The predicted octanol–water partition coefficient (Wildman–Crippen LogP) is 2.25. The van der Waals surface area contributed by atoms with E-state index in [4.69, 9.17) is 17.3 Å². The molecule has 2 N–H and O–H groups in total. The van der Waals surface area contributed by atoms with Crippen LogP contribution in [0, 0.1) is 12.7 Å². The van der Waals surface area contributed by atoms with Gasteiger partial charge in [-0.05, 0) is 24.6 Å². The molecule has 0 unspecified atom stereocenters. The minimum atomic E-state index is -0.322. The van der Waals surface area contributed by atoms with Crippen LogP contribution in [0.25, 0.3) is 0 Å². The van der Waals surface area contributed by atoms with E-state index in [2.05, 4.69) is 0 Å². The van der Waals surface area contributed by atoms with Crippen LogP contribution in [-0.4, -0.2) is 0 Å². The third-order valence-electron chi connectivity index (χ3n) is 1.59. The van der Waals surface area contributed by atoms with Crippen LogP contribution in [0.1, 0.15) is 11.1 Å². The molecule has 0 heterocycles. The van der Waals surface area contributed by atoms with Crippen molar-refractivity contribution in [2.75, 3.05) is 0 Å². The van der Waals surface area contributed by atoms with Gasteiger partial charge in [0.25, 0.3) is 0 Å². The lowest BCUT2D eigenvalue weighted by Gasteiger charge is -2.04. The highest BCUT2D eigenvalue weighted by molar-refractivity contribution is 6.30. The third kappa shape index (κ3) is 1.70. The molecule has 0 fully saturated rings. The van der Waals surface area contributed by atoms with Gasteiger partial charge in [-0.2, -0.15) is 0 Å². The average Bonchev–Trinajstić information content (AvgIpc) is 1.85. The Bertz CT molecular complexity index is 250. The molecule has 1 nitrogen and oxygen atoms in total. The summed E-state index contributed by atoms with van der Waals surface area (Å²) < 4.78 is 12.9. The number of benzene rings is 1. The molecule has 0 radical (unpaired) electrons. The van der Waals surface area contributed by atoms with Gasteiger partial charge in [-0.1, -0.05) is 11.6 Å². The van der Waals surface area contributed by atoms with Gasteiger partial charge in [-0.3, -0.25) is 0 Å². The lowest BCUT2D eigenvalue weighted by atomic mass is 10.1. The molecule has 0 atom stereocenters. The molecule has 0 spiro atoms. The highest BCUT2D eigenvalue weighted by Crippen LogP contribution is 2.18. The molecule has 0 amide bonds. The van der Waals surface area contributed by atoms with Crippen LogP contribution in [0.2, 0.25) is 5.02 Å². The maximum Gasteiger partial charge on any atom is 0.129 e. The molecular weight excluding hydrogens is 165 g/mol. The molecule has 1 rings (SSSR count). The largest absolute Gasteiger partial charge is 0.326 e. The first-order chi connectivity index (χ1) is 5.15. The molecule has 0 aliphatic heterocycles. The third-order valence-corrected chi connectivity index (χ3v) is 1.81. The van der Waals surface area contributed by atoms with Crippen molar-refractivity contribution in [1.29, 1.82) is 0 Å². The Morgan fingerprint density at radius 1 is 1.55 bits per heavy atom. The number of halogens is 2.